The van der Waals surface area contributed by atoms with Crippen molar-refractivity contribution in [1.29, 1.82) is 0 Å². The van der Waals surface area contributed by atoms with Crippen LogP contribution in [0.3, 0.4) is 0 Å². The van der Waals surface area contributed by atoms with Crippen LogP contribution in [0.2, 0.25) is 0 Å². The van der Waals surface area contributed by atoms with E-state index in [9.17, 15) is 19.7 Å². The van der Waals surface area contributed by atoms with Crippen LogP contribution in [0.5, 0.6) is 0 Å². The minimum atomic E-state index is -0.498. The quantitative estimate of drug-likeness (QED) is 0.410. The molecule has 0 fully saturated rings. The number of nitrogens with one attached hydrogen (secondary N) is 1. The lowest BCUT2D eigenvalue weighted by atomic mass is 10.2. The number of non-ortho nitro benzene ring substituents is 1. The lowest BCUT2D eigenvalue weighted by Gasteiger charge is -2.04. The van der Waals surface area contributed by atoms with Crippen LogP contribution >= 0.6 is 11.3 Å². The van der Waals surface area contributed by atoms with Crippen molar-refractivity contribution in [2.24, 2.45) is 5.10 Å². The molecule has 27 heavy (non-hydrogen) atoms. The minimum absolute atomic E-state index is 0.0302. The summed E-state index contributed by atoms with van der Waals surface area (Å²) in [6.45, 7) is 3.56. The van der Waals surface area contributed by atoms with Crippen LogP contribution in [0.4, 0.5) is 5.69 Å². The number of benzene rings is 1. The van der Waals surface area contributed by atoms with Crippen molar-refractivity contribution in [3.8, 4) is 0 Å². The van der Waals surface area contributed by atoms with E-state index < -0.39 is 10.8 Å². The van der Waals surface area contributed by atoms with E-state index >= 15 is 0 Å². The van der Waals surface area contributed by atoms with E-state index in [0.29, 0.717) is 15.8 Å². The zero-order chi connectivity index (χ0) is 19.6. The molecule has 10 heteroatoms. The third kappa shape index (κ3) is 3.90. The topological polar surface area (TPSA) is 119 Å². The number of thiophene rings is 1. The molecular formula is C17H15N5O4S. The molecule has 138 valence electrons. The standard InChI is InChI=1S/C17H15N5O4S/c1-10-11(2)27-16-15(10)17(24)21(9-18-16)8-14(23)20-19-7-12-3-5-13(6-4-12)22(25)26/h3-7,9H,8H2,1-2H3,(H,20,23). The Balaban J connectivity index is 1.68. The van der Waals surface area contributed by atoms with Crippen LogP contribution in [0, 0.1) is 24.0 Å². The Kier molecular flexibility index (Phi) is 5.08. The third-order valence-electron chi connectivity index (χ3n) is 3.98. The summed E-state index contributed by atoms with van der Waals surface area (Å²) in [4.78, 5) is 40.6. The molecule has 3 rings (SSSR count). The van der Waals surface area contributed by atoms with Gasteiger partial charge in [0.25, 0.3) is 17.2 Å². The molecule has 0 bridgehead atoms. The Morgan fingerprint density at radius 3 is 2.74 bits per heavy atom. The molecule has 3 aromatic rings. The van der Waals surface area contributed by atoms with Gasteiger partial charge in [0.05, 0.1) is 22.9 Å². The molecule has 1 aromatic carbocycles. The summed E-state index contributed by atoms with van der Waals surface area (Å²) < 4.78 is 1.23. The van der Waals surface area contributed by atoms with Gasteiger partial charge in [0, 0.05) is 17.0 Å². The molecule has 0 saturated heterocycles. The summed E-state index contributed by atoms with van der Waals surface area (Å²) >= 11 is 1.44. The zero-order valence-electron chi connectivity index (χ0n) is 14.5. The number of carbonyl (C=O) groups excluding carboxylic acids is 1. The van der Waals surface area contributed by atoms with Crippen molar-refractivity contribution in [3.05, 3.63) is 67.1 Å². The van der Waals surface area contributed by atoms with Crippen LogP contribution < -0.4 is 11.0 Å². The number of nitrogens with zero attached hydrogens (tertiary/aromatic N) is 4. The van der Waals surface area contributed by atoms with Gasteiger partial charge in [-0.2, -0.15) is 5.10 Å². The average molecular weight is 385 g/mol. The molecule has 0 spiro atoms. The van der Waals surface area contributed by atoms with Gasteiger partial charge in [-0.25, -0.2) is 10.4 Å². The number of amides is 1. The normalized spacial score (nSPS) is 11.2. The predicted octanol–water partition coefficient (Wildman–Crippen LogP) is 2.13. The maximum atomic E-state index is 12.5. The first-order valence-electron chi connectivity index (χ1n) is 7.88. The van der Waals surface area contributed by atoms with Gasteiger partial charge in [0.2, 0.25) is 0 Å². The molecule has 2 aromatic heterocycles. The highest BCUT2D eigenvalue weighted by Crippen LogP contribution is 2.25. The summed E-state index contributed by atoms with van der Waals surface area (Å²) in [5.41, 5.74) is 3.49. The highest BCUT2D eigenvalue weighted by atomic mass is 32.1. The Labute approximate surface area is 157 Å². The van der Waals surface area contributed by atoms with Gasteiger partial charge >= 0.3 is 0 Å². The van der Waals surface area contributed by atoms with Crippen molar-refractivity contribution < 1.29 is 9.72 Å². The molecule has 1 N–H and O–H groups in total. The SMILES string of the molecule is Cc1sc2ncn(CC(=O)NN=Cc3ccc([N+](=O)[O-])cc3)c(=O)c2c1C. The van der Waals surface area contributed by atoms with Crippen LogP contribution in [0.25, 0.3) is 10.2 Å². The molecule has 0 aliphatic rings. The van der Waals surface area contributed by atoms with Crippen molar-refractivity contribution in [2.75, 3.05) is 0 Å². The fraction of sp³-hybridized carbons (Fsp3) is 0.176. The number of nitro benzene ring substituents is 1. The second kappa shape index (κ2) is 7.46. The van der Waals surface area contributed by atoms with Crippen LogP contribution in [-0.2, 0) is 11.3 Å². The summed E-state index contributed by atoms with van der Waals surface area (Å²) in [5, 5.41) is 14.9. The Bertz CT molecular complexity index is 1110. The lowest BCUT2D eigenvalue weighted by molar-refractivity contribution is -0.384. The predicted molar refractivity (Wildman–Crippen MR) is 102 cm³/mol. The molecule has 0 radical (unpaired) electrons. The van der Waals surface area contributed by atoms with Gasteiger partial charge in [-0.3, -0.25) is 24.3 Å². The van der Waals surface area contributed by atoms with E-state index in [1.54, 1.807) is 0 Å². The van der Waals surface area contributed by atoms with Crippen molar-refractivity contribution >= 4 is 39.4 Å². The maximum absolute atomic E-state index is 12.5. The number of nitro groups is 1. The average Bonchev–Trinajstić information content (AvgIpc) is 2.93. The first-order valence-corrected chi connectivity index (χ1v) is 8.70. The molecule has 0 unspecified atom stereocenters. The summed E-state index contributed by atoms with van der Waals surface area (Å²) in [7, 11) is 0. The van der Waals surface area contributed by atoms with Gasteiger partial charge < -0.3 is 0 Å². The molecule has 0 atom stereocenters. The summed E-state index contributed by atoms with van der Waals surface area (Å²) in [6.07, 6.45) is 2.71. The molecule has 1 amide bonds. The summed E-state index contributed by atoms with van der Waals surface area (Å²) in [5.74, 6) is -0.485. The fourth-order valence-corrected chi connectivity index (χ4v) is 3.42. The van der Waals surface area contributed by atoms with E-state index in [1.807, 2.05) is 13.8 Å². The van der Waals surface area contributed by atoms with Crippen molar-refractivity contribution in [2.45, 2.75) is 20.4 Å². The van der Waals surface area contributed by atoms with Gasteiger partial charge in [0.1, 0.15) is 11.4 Å². The Morgan fingerprint density at radius 1 is 1.37 bits per heavy atom. The number of fused-ring (bicyclic) bond motifs is 1. The fourth-order valence-electron chi connectivity index (χ4n) is 2.43. The first-order chi connectivity index (χ1) is 12.9. The first kappa shape index (κ1) is 18.4. The molecular weight excluding hydrogens is 370 g/mol. The number of carbonyl (C=O) groups is 1. The monoisotopic (exact) mass is 385 g/mol. The molecule has 2 heterocycles. The smallest absolute Gasteiger partial charge is 0.269 e. The largest absolute Gasteiger partial charge is 0.289 e. The second-order valence-corrected chi connectivity index (χ2v) is 6.99. The van der Waals surface area contributed by atoms with Crippen LogP contribution in [-0.4, -0.2) is 26.6 Å². The van der Waals surface area contributed by atoms with E-state index in [2.05, 4.69) is 15.5 Å². The molecule has 0 saturated carbocycles. The third-order valence-corrected chi connectivity index (χ3v) is 5.09. The molecule has 0 aliphatic carbocycles. The Hall–Kier alpha value is -3.40. The van der Waals surface area contributed by atoms with E-state index in [0.717, 1.165) is 10.4 Å². The summed E-state index contributed by atoms with van der Waals surface area (Å²) in [6, 6.07) is 5.71. The van der Waals surface area contributed by atoms with Crippen molar-refractivity contribution in [1.82, 2.24) is 15.0 Å². The number of hydrogen-bond acceptors (Lipinski definition) is 7. The van der Waals surface area contributed by atoms with Gasteiger partial charge in [-0.1, -0.05) is 0 Å². The number of rotatable bonds is 5. The lowest BCUT2D eigenvalue weighted by Crippen LogP contribution is -2.30. The zero-order valence-corrected chi connectivity index (χ0v) is 15.3. The van der Waals surface area contributed by atoms with Crippen LogP contribution in [0.1, 0.15) is 16.0 Å². The number of hydrogen-bond donors (Lipinski definition) is 1. The highest BCUT2D eigenvalue weighted by Gasteiger charge is 2.13. The van der Waals surface area contributed by atoms with Crippen LogP contribution in [0.15, 0.2) is 40.5 Å². The second-order valence-electron chi connectivity index (χ2n) is 5.78. The van der Waals surface area contributed by atoms with E-state index in [1.165, 1.54) is 52.7 Å². The number of aryl methyl sites for hydroxylation is 2. The van der Waals surface area contributed by atoms with Gasteiger partial charge in [-0.15, -0.1) is 11.3 Å². The number of aromatic nitrogens is 2. The number of hydrazone groups is 1. The van der Waals surface area contributed by atoms with Gasteiger partial charge in [0.15, 0.2) is 0 Å². The minimum Gasteiger partial charge on any atom is -0.289 e. The van der Waals surface area contributed by atoms with Crippen molar-refractivity contribution in [3.63, 3.8) is 0 Å². The van der Waals surface area contributed by atoms with Gasteiger partial charge in [-0.05, 0) is 37.1 Å². The molecule has 9 nitrogen and oxygen atoms in total. The molecule has 0 aliphatic heterocycles. The van der Waals surface area contributed by atoms with E-state index in [-0.39, 0.29) is 17.8 Å². The maximum Gasteiger partial charge on any atom is 0.269 e. The van der Waals surface area contributed by atoms with E-state index in [4.69, 9.17) is 0 Å². The Morgan fingerprint density at radius 2 is 2.07 bits per heavy atom. The highest BCUT2D eigenvalue weighted by molar-refractivity contribution is 7.18.